The van der Waals surface area contributed by atoms with Gasteiger partial charge in [0.2, 0.25) is 0 Å². The smallest absolute Gasteiger partial charge is 0.444 e. The predicted octanol–water partition coefficient (Wildman–Crippen LogP) is 7.37. The molecule has 0 spiro atoms. The number of aryl methyl sites for hydroxylation is 2. The fraction of sp³-hybridized carbons (Fsp3) is 0.500. The van der Waals surface area contributed by atoms with Crippen molar-refractivity contribution in [1.82, 2.24) is 9.88 Å². The van der Waals surface area contributed by atoms with E-state index >= 15 is 0 Å². The molecule has 1 heterocycles. The molecule has 1 atom stereocenters. The highest BCUT2D eigenvalue weighted by Gasteiger charge is 2.35. The van der Waals surface area contributed by atoms with Crippen LogP contribution < -0.4 is 5.32 Å². The van der Waals surface area contributed by atoms with Crippen LogP contribution in [0.25, 0.3) is 0 Å². The van der Waals surface area contributed by atoms with Crippen LogP contribution in [0.2, 0.25) is 0 Å². The van der Waals surface area contributed by atoms with Gasteiger partial charge in [-0.3, -0.25) is 18.4 Å². The molecule has 1 N–H and O–H groups in total. The minimum Gasteiger partial charge on any atom is -0.444 e. The number of alkyl carbamates (subject to hydrolysis) is 1. The molecule has 0 saturated heterocycles. The van der Waals surface area contributed by atoms with E-state index in [2.05, 4.69) is 30.6 Å². The number of aromatic nitrogens is 1. The highest BCUT2D eigenvalue weighted by atomic mass is 31.2. The van der Waals surface area contributed by atoms with Crippen LogP contribution in [0.5, 0.6) is 0 Å². The molecule has 10 heteroatoms. The molecule has 2 rings (SSSR count). The molecule has 42 heavy (non-hydrogen) atoms. The summed E-state index contributed by atoms with van der Waals surface area (Å²) >= 11 is 0. The second kappa shape index (κ2) is 16.6. The largest absolute Gasteiger partial charge is 0.475 e. The second-order valence-corrected chi connectivity index (χ2v) is 13.1. The number of ether oxygens (including phenoxy) is 1. The molecule has 0 aliphatic carbocycles. The number of phosphoric ester groups is 1. The summed E-state index contributed by atoms with van der Waals surface area (Å²) in [6, 6.07) is 14.0. The Kier molecular flexibility index (Phi) is 13.9. The number of nitrogens with zero attached hydrogens (tertiary/aromatic N) is 1. The number of nitrogens with one attached hydrogen (secondary N) is 1. The zero-order valence-corrected chi connectivity index (χ0v) is 26.6. The Labute approximate surface area is 250 Å². The Morgan fingerprint density at radius 1 is 0.929 bits per heavy atom. The van der Waals surface area contributed by atoms with Crippen molar-refractivity contribution in [1.29, 1.82) is 0 Å². The number of hydrogen-bond acceptors (Lipinski definition) is 7. The minimum absolute atomic E-state index is 0.0446. The van der Waals surface area contributed by atoms with Crippen LogP contribution in [0.3, 0.4) is 0 Å². The van der Waals surface area contributed by atoms with Crippen molar-refractivity contribution < 1.29 is 32.5 Å². The van der Waals surface area contributed by atoms with Gasteiger partial charge in [0.25, 0.3) is 0 Å². The number of carbonyl (C=O) groups excluding carboxylic acids is 2. The Balaban J connectivity index is 2.08. The van der Waals surface area contributed by atoms with E-state index in [1.807, 2.05) is 41.9 Å². The van der Waals surface area contributed by atoms with Crippen molar-refractivity contribution in [2.45, 2.75) is 77.4 Å². The van der Waals surface area contributed by atoms with Gasteiger partial charge in [-0.15, -0.1) is 13.2 Å². The predicted molar refractivity (Wildman–Crippen MR) is 166 cm³/mol. The van der Waals surface area contributed by atoms with Gasteiger partial charge in [0.15, 0.2) is 5.78 Å². The maximum atomic E-state index is 13.1. The van der Waals surface area contributed by atoms with E-state index in [0.29, 0.717) is 25.0 Å². The molecule has 0 fully saturated rings. The number of hydrogen-bond donors (Lipinski definition) is 1. The molecule has 0 bridgehead atoms. The average Bonchev–Trinajstić information content (AvgIpc) is 3.30. The number of unbranched alkanes of at least 4 members (excludes halogenated alkanes) is 1. The van der Waals surface area contributed by atoms with Gasteiger partial charge < -0.3 is 14.6 Å². The first kappa shape index (κ1) is 35.2. The molecule has 0 radical (unpaired) electrons. The molecule has 232 valence electrons. The lowest BCUT2D eigenvalue weighted by Crippen LogP contribution is -2.51. The van der Waals surface area contributed by atoms with Crippen LogP contribution >= 0.6 is 7.82 Å². The van der Waals surface area contributed by atoms with Gasteiger partial charge in [0.1, 0.15) is 5.60 Å². The van der Waals surface area contributed by atoms with Gasteiger partial charge in [-0.25, -0.2) is 9.36 Å². The van der Waals surface area contributed by atoms with Gasteiger partial charge in [-0.2, -0.15) is 0 Å². The van der Waals surface area contributed by atoms with Crippen molar-refractivity contribution in [2.24, 2.45) is 7.05 Å². The zero-order valence-electron chi connectivity index (χ0n) is 25.7. The average molecular weight is 603 g/mol. The van der Waals surface area contributed by atoms with Crippen LogP contribution in [0.1, 0.15) is 75.1 Å². The zero-order chi connectivity index (χ0) is 31.2. The van der Waals surface area contributed by atoms with Crippen molar-refractivity contribution in [3.63, 3.8) is 0 Å². The van der Waals surface area contributed by atoms with E-state index in [0.717, 1.165) is 25.0 Å². The SMILES string of the molecule is C=CCOP(=O)(OCC=C)OC[C@@](C)(CCc1ccc(C(=O)CCCCc2ccccc2)n1C)NC(=O)OC(C)(C)C. The summed E-state index contributed by atoms with van der Waals surface area (Å²) in [4.78, 5) is 25.7. The van der Waals surface area contributed by atoms with E-state index in [1.165, 1.54) is 17.7 Å². The van der Waals surface area contributed by atoms with Gasteiger partial charge in [-0.1, -0.05) is 42.5 Å². The van der Waals surface area contributed by atoms with Crippen LogP contribution in [-0.2, 0) is 42.8 Å². The number of amides is 1. The van der Waals surface area contributed by atoms with Crippen LogP contribution in [0, 0.1) is 0 Å². The van der Waals surface area contributed by atoms with Gasteiger partial charge in [0.05, 0.1) is 31.1 Å². The molecule has 2 aromatic rings. The third kappa shape index (κ3) is 12.5. The number of Topliss-reactive ketones (excluding diaryl/α,β-unsaturated/α-hetero) is 1. The Morgan fingerprint density at radius 3 is 2.17 bits per heavy atom. The number of benzene rings is 1. The van der Waals surface area contributed by atoms with E-state index in [4.69, 9.17) is 18.3 Å². The molecule has 0 aliphatic rings. The fourth-order valence-electron chi connectivity index (χ4n) is 4.22. The standard InChI is InChI=1S/C32H47N2O7P/c1-8-23-38-42(37,39-24-9-2)40-25-32(6,33-30(36)41-31(3,4)5)22-21-27-19-20-28(34(27)7)29(35)18-14-13-17-26-15-11-10-12-16-26/h8-12,15-16,19-20H,1-2,13-14,17-18,21-25H2,3-7H3,(H,33,36)/t32-/m1/s1. The summed E-state index contributed by atoms with van der Waals surface area (Å²) in [7, 11) is -2.10. The first-order valence-electron chi connectivity index (χ1n) is 14.3. The van der Waals surface area contributed by atoms with Gasteiger partial charge in [0, 0.05) is 19.2 Å². The third-order valence-electron chi connectivity index (χ3n) is 6.45. The maximum Gasteiger partial charge on any atom is 0.475 e. The molecular weight excluding hydrogens is 555 g/mol. The maximum absolute atomic E-state index is 13.1. The molecule has 0 unspecified atom stereocenters. The molecular formula is C32H47N2O7P. The van der Waals surface area contributed by atoms with E-state index < -0.39 is 25.1 Å². The van der Waals surface area contributed by atoms with E-state index in [-0.39, 0.29) is 25.6 Å². The van der Waals surface area contributed by atoms with Crippen molar-refractivity contribution in [3.05, 3.63) is 84.7 Å². The quantitative estimate of drug-likeness (QED) is 0.0775. The lowest BCUT2D eigenvalue weighted by atomic mass is 9.96. The molecule has 1 amide bonds. The highest BCUT2D eigenvalue weighted by molar-refractivity contribution is 7.48. The summed E-state index contributed by atoms with van der Waals surface area (Å²) in [6.07, 6.45) is 6.29. The lowest BCUT2D eigenvalue weighted by Gasteiger charge is -2.33. The number of rotatable bonds is 19. The summed E-state index contributed by atoms with van der Waals surface area (Å²) in [5.41, 5.74) is 1.10. The van der Waals surface area contributed by atoms with E-state index in [9.17, 15) is 14.2 Å². The topological polar surface area (TPSA) is 105 Å². The Bertz CT molecular complexity index is 1200. The molecule has 0 aliphatic heterocycles. The normalized spacial score (nSPS) is 13.3. The summed E-state index contributed by atoms with van der Waals surface area (Å²) < 4.78 is 36.8. The lowest BCUT2D eigenvalue weighted by molar-refractivity contribution is 0.0379. The number of ketones is 1. The number of carbonyl (C=O) groups is 2. The van der Waals surface area contributed by atoms with Crippen LogP contribution in [0.4, 0.5) is 4.79 Å². The highest BCUT2D eigenvalue weighted by Crippen LogP contribution is 2.50. The van der Waals surface area contributed by atoms with Crippen LogP contribution in [0.15, 0.2) is 67.8 Å². The fourth-order valence-corrected chi connectivity index (χ4v) is 5.46. The Morgan fingerprint density at radius 2 is 1.57 bits per heavy atom. The molecule has 1 aromatic heterocycles. The van der Waals surface area contributed by atoms with Crippen molar-refractivity contribution >= 4 is 19.7 Å². The van der Waals surface area contributed by atoms with Crippen molar-refractivity contribution in [3.8, 4) is 0 Å². The molecule has 9 nitrogen and oxygen atoms in total. The third-order valence-corrected chi connectivity index (χ3v) is 7.83. The summed E-state index contributed by atoms with van der Waals surface area (Å²) in [6.45, 7) is 13.9. The van der Waals surface area contributed by atoms with Crippen molar-refractivity contribution in [2.75, 3.05) is 19.8 Å². The molecule has 0 saturated carbocycles. The van der Waals surface area contributed by atoms with Gasteiger partial charge >= 0.3 is 13.9 Å². The second-order valence-electron chi connectivity index (χ2n) is 11.5. The molecule has 1 aromatic carbocycles. The monoisotopic (exact) mass is 602 g/mol. The minimum atomic E-state index is -3.97. The summed E-state index contributed by atoms with van der Waals surface area (Å²) in [5, 5.41) is 2.87. The Hall–Kier alpha value is -2.97. The number of phosphoric acid groups is 1. The van der Waals surface area contributed by atoms with E-state index in [1.54, 1.807) is 27.7 Å². The first-order chi connectivity index (χ1) is 19.8. The summed E-state index contributed by atoms with van der Waals surface area (Å²) in [5.74, 6) is 0.0921. The van der Waals surface area contributed by atoms with Crippen LogP contribution in [-0.4, -0.2) is 47.4 Å². The van der Waals surface area contributed by atoms with Gasteiger partial charge in [-0.05, 0) is 77.5 Å². The first-order valence-corrected chi connectivity index (χ1v) is 15.7.